The first kappa shape index (κ1) is 14.4. The number of fused-ring (bicyclic) bond motifs is 1. The SMILES string of the molecule is CCCC1CCCN(c2nc3c(cc2C#N)CCC3)CC1. The molecular weight excluding hydrogens is 258 g/mol. The van der Waals surface area contributed by atoms with E-state index in [1.54, 1.807) is 0 Å². The molecule has 0 bridgehead atoms. The molecule has 3 nitrogen and oxygen atoms in total. The predicted molar refractivity (Wildman–Crippen MR) is 85.4 cm³/mol. The number of pyridine rings is 1. The van der Waals surface area contributed by atoms with Crippen LogP contribution in [0.4, 0.5) is 5.82 Å². The van der Waals surface area contributed by atoms with Crippen molar-refractivity contribution in [3.05, 3.63) is 22.9 Å². The Morgan fingerprint density at radius 3 is 3.00 bits per heavy atom. The Morgan fingerprint density at radius 1 is 1.29 bits per heavy atom. The fourth-order valence-electron chi connectivity index (χ4n) is 3.86. The summed E-state index contributed by atoms with van der Waals surface area (Å²) in [5.74, 6) is 1.82. The van der Waals surface area contributed by atoms with Crippen molar-refractivity contribution in [2.24, 2.45) is 5.92 Å². The van der Waals surface area contributed by atoms with E-state index in [2.05, 4.69) is 24.0 Å². The average molecular weight is 283 g/mol. The summed E-state index contributed by atoms with van der Waals surface area (Å²) in [4.78, 5) is 7.23. The van der Waals surface area contributed by atoms with Gasteiger partial charge in [-0.2, -0.15) is 5.26 Å². The van der Waals surface area contributed by atoms with Crippen LogP contribution in [0.2, 0.25) is 0 Å². The molecule has 1 aromatic heterocycles. The van der Waals surface area contributed by atoms with E-state index >= 15 is 0 Å². The van der Waals surface area contributed by atoms with Gasteiger partial charge in [-0.05, 0) is 56.1 Å². The summed E-state index contributed by atoms with van der Waals surface area (Å²) < 4.78 is 0. The van der Waals surface area contributed by atoms with Gasteiger partial charge in [0, 0.05) is 18.8 Å². The van der Waals surface area contributed by atoms with Crippen LogP contribution in [-0.4, -0.2) is 18.1 Å². The lowest BCUT2D eigenvalue weighted by atomic mass is 9.96. The fourth-order valence-corrected chi connectivity index (χ4v) is 3.86. The van der Waals surface area contributed by atoms with E-state index in [0.29, 0.717) is 0 Å². The summed E-state index contributed by atoms with van der Waals surface area (Å²) in [6.45, 7) is 4.39. The molecule has 1 saturated heterocycles. The van der Waals surface area contributed by atoms with Crippen molar-refractivity contribution in [2.45, 2.75) is 58.3 Å². The fraction of sp³-hybridized carbons (Fsp3) is 0.667. The molecule has 2 aliphatic rings. The van der Waals surface area contributed by atoms with Gasteiger partial charge in [0.25, 0.3) is 0 Å². The Bertz CT molecular complexity index is 544. The predicted octanol–water partition coefficient (Wildman–Crippen LogP) is 3.85. The van der Waals surface area contributed by atoms with Crippen molar-refractivity contribution in [1.29, 1.82) is 5.26 Å². The standard InChI is InChI=1S/C18H25N3/c1-2-5-14-6-4-10-21(11-9-14)18-16(13-19)12-15-7-3-8-17(15)20-18/h12,14H,2-11H2,1H3. The Labute approximate surface area is 128 Å². The molecule has 0 N–H and O–H groups in total. The molecule has 0 spiro atoms. The topological polar surface area (TPSA) is 39.9 Å². The van der Waals surface area contributed by atoms with Gasteiger partial charge < -0.3 is 4.90 Å². The van der Waals surface area contributed by atoms with Crippen LogP contribution in [-0.2, 0) is 12.8 Å². The van der Waals surface area contributed by atoms with Crippen LogP contribution in [0.5, 0.6) is 0 Å². The molecule has 1 aliphatic carbocycles. The van der Waals surface area contributed by atoms with Crippen molar-refractivity contribution in [2.75, 3.05) is 18.0 Å². The molecule has 0 aromatic carbocycles. The van der Waals surface area contributed by atoms with Crippen molar-refractivity contribution < 1.29 is 0 Å². The maximum Gasteiger partial charge on any atom is 0.146 e. The molecule has 1 fully saturated rings. The maximum absolute atomic E-state index is 9.47. The van der Waals surface area contributed by atoms with E-state index in [1.165, 1.54) is 49.8 Å². The molecule has 0 saturated carbocycles. The van der Waals surface area contributed by atoms with Crippen molar-refractivity contribution in [3.63, 3.8) is 0 Å². The first-order valence-corrected chi connectivity index (χ1v) is 8.49. The van der Waals surface area contributed by atoms with Crippen LogP contribution in [0.3, 0.4) is 0 Å². The van der Waals surface area contributed by atoms with Gasteiger partial charge in [0.15, 0.2) is 0 Å². The minimum absolute atomic E-state index is 0.782. The Hall–Kier alpha value is -1.56. The zero-order valence-corrected chi connectivity index (χ0v) is 13.1. The van der Waals surface area contributed by atoms with Gasteiger partial charge in [0.1, 0.15) is 11.9 Å². The zero-order valence-electron chi connectivity index (χ0n) is 13.1. The summed E-state index contributed by atoms with van der Waals surface area (Å²) in [7, 11) is 0. The minimum Gasteiger partial charge on any atom is -0.356 e. The largest absolute Gasteiger partial charge is 0.356 e. The summed E-state index contributed by atoms with van der Waals surface area (Å²) in [5.41, 5.74) is 3.32. The number of nitrogens with zero attached hydrogens (tertiary/aromatic N) is 3. The van der Waals surface area contributed by atoms with Crippen molar-refractivity contribution in [3.8, 4) is 6.07 Å². The van der Waals surface area contributed by atoms with Crippen LogP contribution in [0.15, 0.2) is 6.07 Å². The zero-order chi connectivity index (χ0) is 14.7. The van der Waals surface area contributed by atoms with Gasteiger partial charge in [0.2, 0.25) is 0 Å². The van der Waals surface area contributed by atoms with E-state index < -0.39 is 0 Å². The van der Waals surface area contributed by atoms with E-state index in [9.17, 15) is 5.26 Å². The highest BCUT2D eigenvalue weighted by Crippen LogP contribution is 2.30. The van der Waals surface area contributed by atoms with Gasteiger partial charge in [-0.15, -0.1) is 0 Å². The minimum atomic E-state index is 0.782. The molecule has 3 heteroatoms. The molecule has 112 valence electrons. The normalized spacial score (nSPS) is 21.7. The molecule has 2 heterocycles. The molecule has 1 aromatic rings. The second-order valence-electron chi connectivity index (χ2n) is 6.50. The summed E-state index contributed by atoms with van der Waals surface area (Å²) in [6, 6.07) is 4.47. The second kappa shape index (κ2) is 6.47. The Kier molecular flexibility index (Phi) is 4.43. The molecule has 3 rings (SSSR count). The van der Waals surface area contributed by atoms with Crippen LogP contribution >= 0.6 is 0 Å². The highest BCUT2D eigenvalue weighted by Gasteiger charge is 2.22. The van der Waals surface area contributed by atoms with Gasteiger partial charge in [-0.1, -0.05) is 19.8 Å². The lowest BCUT2D eigenvalue weighted by molar-refractivity contribution is 0.435. The van der Waals surface area contributed by atoms with Crippen LogP contribution in [0.1, 0.15) is 62.3 Å². The van der Waals surface area contributed by atoms with Crippen LogP contribution < -0.4 is 4.90 Å². The first-order chi connectivity index (χ1) is 10.3. The van der Waals surface area contributed by atoms with Gasteiger partial charge in [-0.3, -0.25) is 0 Å². The number of anilines is 1. The number of hydrogen-bond acceptors (Lipinski definition) is 3. The molecule has 0 radical (unpaired) electrons. The van der Waals surface area contributed by atoms with Crippen molar-refractivity contribution >= 4 is 5.82 Å². The number of aryl methyl sites for hydroxylation is 2. The summed E-state index contributed by atoms with van der Waals surface area (Å²) in [6.07, 6.45) is 9.80. The Balaban J connectivity index is 1.81. The number of nitriles is 1. The van der Waals surface area contributed by atoms with Crippen LogP contribution in [0.25, 0.3) is 0 Å². The quantitative estimate of drug-likeness (QED) is 0.846. The average Bonchev–Trinajstić information content (AvgIpc) is 2.84. The van der Waals surface area contributed by atoms with E-state index in [0.717, 1.165) is 43.2 Å². The summed E-state index contributed by atoms with van der Waals surface area (Å²) in [5, 5.41) is 9.47. The number of hydrogen-bond donors (Lipinski definition) is 0. The highest BCUT2D eigenvalue weighted by atomic mass is 15.2. The van der Waals surface area contributed by atoms with Crippen LogP contribution in [0, 0.1) is 17.2 Å². The molecule has 0 amide bonds. The highest BCUT2D eigenvalue weighted by molar-refractivity contribution is 5.56. The van der Waals surface area contributed by atoms with Crippen molar-refractivity contribution in [1.82, 2.24) is 4.98 Å². The number of rotatable bonds is 3. The second-order valence-corrected chi connectivity index (χ2v) is 6.50. The molecule has 1 aliphatic heterocycles. The lowest BCUT2D eigenvalue weighted by Crippen LogP contribution is -2.26. The molecule has 1 atom stereocenters. The third-order valence-electron chi connectivity index (χ3n) is 5.00. The lowest BCUT2D eigenvalue weighted by Gasteiger charge is -2.23. The van der Waals surface area contributed by atoms with E-state index in [4.69, 9.17) is 4.98 Å². The van der Waals surface area contributed by atoms with E-state index in [1.807, 2.05) is 0 Å². The van der Waals surface area contributed by atoms with Gasteiger partial charge in [0.05, 0.1) is 5.56 Å². The maximum atomic E-state index is 9.47. The molecule has 1 unspecified atom stereocenters. The summed E-state index contributed by atoms with van der Waals surface area (Å²) >= 11 is 0. The monoisotopic (exact) mass is 283 g/mol. The molecule has 21 heavy (non-hydrogen) atoms. The Morgan fingerprint density at radius 2 is 2.19 bits per heavy atom. The first-order valence-electron chi connectivity index (χ1n) is 8.49. The third kappa shape index (κ3) is 3.05. The molecular formula is C18H25N3. The van der Waals surface area contributed by atoms with Gasteiger partial charge in [-0.25, -0.2) is 4.98 Å². The van der Waals surface area contributed by atoms with E-state index in [-0.39, 0.29) is 0 Å². The number of aromatic nitrogens is 1. The third-order valence-corrected chi connectivity index (χ3v) is 5.00. The van der Waals surface area contributed by atoms with Gasteiger partial charge >= 0.3 is 0 Å². The smallest absolute Gasteiger partial charge is 0.146 e.